The maximum absolute atomic E-state index is 12.9. The number of primary amides is 1. The fourth-order valence-corrected chi connectivity index (χ4v) is 6.08. The zero-order chi connectivity index (χ0) is 24.2. The predicted molar refractivity (Wildman–Crippen MR) is 139 cm³/mol. The van der Waals surface area contributed by atoms with Crippen LogP contribution >= 0.6 is 11.3 Å². The van der Waals surface area contributed by atoms with Crippen LogP contribution in [0.5, 0.6) is 5.75 Å². The highest BCUT2D eigenvalue weighted by Gasteiger charge is 2.25. The van der Waals surface area contributed by atoms with Crippen LogP contribution < -0.4 is 21.1 Å². The van der Waals surface area contributed by atoms with Crippen molar-refractivity contribution in [1.29, 1.82) is 0 Å². The molecule has 0 spiro atoms. The highest BCUT2D eigenvalue weighted by atomic mass is 32.1. The van der Waals surface area contributed by atoms with Gasteiger partial charge in [-0.3, -0.25) is 15.0 Å². The Hall–Kier alpha value is -3.14. The molecule has 35 heavy (non-hydrogen) atoms. The third kappa shape index (κ3) is 5.27. The van der Waals surface area contributed by atoms with E-state index in [0.29, 0.717) is 22.9 Å². The summed E-state index contributed by atoms with van der Waals surface area (Å²) in [4.78, 5) is 28.5. The first-order chi connectivity index (χ1) is 17.1. The molecule has 1 aliphatic carbocycles. The van der Waals surface area contributed by atoms with Crippen molar-refractivity contribution in [3.63, 3.8) is 0 Å². The van der Waals surface area contributed by atoms with Crippen LogP contribution in [0.25, 0.3) is 10.8 Å². The largest absolute Gasteiger partial charge is 0.492 e. The van der Waals surface area contributed by atoms with Crippen LogP contribution in [0.15, 0.2) is 36.4 Å². The molecule has 0 bridgehead atoms. The second-order valence-corrected chi connectivity index (χ2v) is 9.92. The van der Waals surface area contributed by atoms with Crippen LogP contribution in [-0.4, -0.2) is 56.3 Å². The van der Waals surface area contributed by atoms with Gasteiger partial charge in [0.1, 0.15) is 17.4 Å². The van der Waals surface area contributed by atoms with E-state index in [9.17, 15) is 9.59 Å². The molecule has 9 heteroatoms. The third-order valence-corrected chi connectivity index (χ3v) is 7.75. The monoisotopic (exact) mass is 494 g/mol. The summed E-state index contributed by atoms with van der Waals surface area (Å²) in [6, 6.07) is 11.2. The average Bonchev–Trinajstić information content (AvgIpc) is 3.24. The first-order valence-electron chi connectivity index (χ1n) is 12.1. The number of carbonyl (C=O) groups excluding carboxylic acids is 2. The molecule has 0 saturated carbocycles. The number of nitrogens with two attached hydrogens (primary N) is 1. The lowest BCUT2D eigenvalue weighted by atomic mass is 9.95. The molecule has 3 aromatic rings. The standard InChI is InChI=1S/C26H30N4O4S/c27-24(31)23-19-7-3-4-8-22(19)35-25(23)29-26(32)28-20-9-10-21(18-6-2-1-5-17(18)20)34-16-13-30-11-14-33-15-12-30/h1-2,5-6,9-10H,3-4,7-8,11-16H2,(H2,27,31)(H2,28,29,32). The first-order valence-corrected chi connectivity index (χ1v) is 12.9. The Morgan fingerprint density at radius 3 is 2.60 bits per heavy atom. The van der Waals surface area contributed by atoms with Gasteiger partial charge in [0.05, 0.1) is 24.5 Å². The maximum atomic E-state index is 12.9. The van der Waals surface area contributed by atoms with E-state index >= 15 is 0 Å². The zero-order valence-electron chi connectivity index (χ0n) is 19.6. The number of thiophene rings is 1. The molecule has 1 aliphatic heterocycles. The number of hydrogen-bond acceptors (Lipinski definition) is 6. The van der Waals surface area contributed by atoms with Gasteiger partial charge in [-0.2, -0.15) is 0 Å². The van der Waals surface area contributed by atoms with Crippen molar-refractivity contribution in [2.45, 2.75) is 25.7 Å². The van der Waals surface area contributed by atoms with Gasteiger partial charge in [-0.1, -0.05) is 24.3 Å². The van der Waals surface area contributed by atoms with Crippen LogP contribution in [0.2, 0.25) is 0 Å². The van der Waals surface area contributed by atoms with Gasteiger partial charge in [0.2, 0.25) is 0 Å². The molecule has 2 aromatic carbocycles. The average molecular weight is 495 g/mol. The van der Waals surface area contributed by atoms with Gasteiger partial charge in [-0.15, -0.1) is 11.3 Å². The predicted octanol–water partition coefficient (Wildman–Crippen LogP) is 4.23. The van der Waals surface area contributed by atoms with E-state index < -0.39 is 11.9 Å². The van der Waals surface area contributed by atoms with Gasteiger partial charge in [-0.25, -0.2) is 4.79 Å². The Balaban J connectivity index is 1.30. The lowest BCUT2D eigenvalue weighted by molar-refractivity contribution is 0.0323. The number of fused-ring (bicyclic) bond motifs is 2. The maximum Gasteiger partial charge on any atom is 0.324 e. The number of carbonyl (C=O) groups is 2. The molecular formula is C26H30N4O4S. The number of hydrogen-bond donors (Lipinski definition) is 3. The molecule has 0 radical (unpaired) electrons. The van der Waals surface area contributed by atoms with E-state index in [1.165, 1.54) is 11.3 Å². The number of anilines is 2. The van der Waals surface area contributed by atoms with E-state index in [4.69, 9.17) is 15.2 Å². The lowest BCUT2D eigenvalue weighted by Crippen LogP contribution is -2.38. The number of aryl methyl sites for hydroxylation is 1. The van der Waals surface area contributed by atoms with E-state index in [1.54, 1.807) is 0 Å². The van der Waals surface area contributed by atoms with E-state index in [2.05, 4.69) is 15.5 Å². The summed E-state index contributed by atoms with van der Waals surface area (Å²) in [5, 5.41) is 8.14. The molecule has 2 heterocycles. The highest BCUT2D eigenvalue weighted by Crippen LogP contribution is 2.38. The molecule has 1 aromatic heterocycles. The second-order valence-electron chi connectivity index (χ2n) is 8.82. The fraction of sp³-hybridized carbons (Fsp3) is 0.385. The number of nitrogens with zero attached hydrogens (tertiary/aromatic N) is 1. The summed E-state index contributed by atoms with van der Waals surface area (Å²) in [6.07, 6.45) is 3.86. The Labute approximate surface area is 208 Å². The minimum absolute atomic E-state index is 0.405. The van der Waals surface area contributed by atoms with Crippen molar-refractivity contribution in [1.82, 2.24) is 4.90 Å². The number of benzene rings is 2. The van der Waals surface area contributed by atoms with Crippen LogP contribution in [0, 0.1) is 0 Å². The minimum atomic E-state index is -0.497. The Bertz CT molecular complexity index is 1240. The molecule has 8 nitrogen and oxygen atoms in total. The molecule has 5 rings (SSSR count). The van der Waals surface area contributed by atoms with Crippen molar-refractivity contribution in [3.8, 4) is 5.75 Å². The number of morpholine rings is 1. The highest BCUT2D eigenvalue weighted by molar-refractivity contribution is 7.17. The third-order valence-electron chi connectivity index (χ3n) is 6.55. The van der Waals surface area contributed by atoms with E-state index in [1.807, 2.05) is 36.4 Å². The van der Waals surface area contributed by atoms with Crippen LogP contribution in [0.1, 0.15) is 33.6 Å². The molecule has 0 atom stereocenters. The zero-order valence-corrected chi connectivity index (χ0v) is 20.4. The van der Waals surface area contributed by atoms with Gasteiger partial charge in [0, 0.05) is 35.3 Å². The first kappa shape index (κ1) is 23.6. The van der Waals surface area contributed by atoms with Crippen molar-refractivity contribution >= 4 is 44.7 Å². The summed E-state index contributed by atoms with van der Waals surface area (Å²) in [5.74, 6) is 0.283. The lowest BCUT2D eigenvalue weighted by Gasteiger charge is -2.26. The van der Waals surface area contributed by atoms with Crippen molar-refractivity contribution in [2.75, 3.05) is 50.1 Å². The quantitative estimate of drug-likeness (QED) is 0.456. The van der Waals surface area contributed by atoms with Gasteiger partial charge in [0.15, 0.2) is 0 Å². The minimum Gasteiger partial charge on any atom is -0.492 e. The molecule has 1 fully saturated rings. The van der Waals surface area contributed by atoms with Crippen LogP contribution in [0.4, 0.5) is 15.5 Å². The molecule has 3 amide bonds. The van der Waals surface area contributed by atoms with Crippen LogP contribution in [0.3, 0.4) is 0 Å². The summed E-state index contributed by atoms with van der Waals surface area (Å²) in [6.45, 7) is 4.80. The van der Waals surface area contributed by atoms with Gasteiger partial charge >= 0.3 is 6.03 Å². The number of nitrogens with one attached hydrogen (secondary N) is 2. The van der Waals surface area contributed by atoms with Gasteiger partial charge < -0.3 is 20.5 Å². The summed E-state index contributed by atoms with van der Waals surface area (Å²) in [5.41, 5.74) is 7.78. The Kier molecular flexibility index (Phi) is 7.17. The van der Waals surface area contributed by atoms with Crippen molar-refractivity contribution in [2.24, 2.45) is 5.73 Å². The number of ether oxygens (including phenoxy) is 2. The molecule has 1 saturated heterocycles. The van der Waals surface area contributed by atoms with Crippen molar-refractivity contribution < 1.29 is 19.1 Å². The summed E-state index contributed by atoms with van der Waals surface area (Å²) >= 11 is 1.45. The SMILES string of the molecule is NC(=O)c1c(NC(=O)Nc2ccc(OCCN3CCOCC3)c3ccccc23)sc2c1CCCC2. The molecule has 184 valence electrons. The molecular weight excluding hydrogens is 464 g/mol. The van der Waals surface area contributed by atoms with Gasteiger partial charge in [-0.05, 0) is 43.4 Å². The van der Waals surface area contributed by atoms with Crippen molar-refractivity contribution in [3.05, 3.63) is 52.4 Å². The summed E-state index contributed by atoms with van der Waals surface area (Å²) < 4.78 is 11.5. The number of amides is 3. The van der Waals surface area contributed by atoms with E-state index in [-0.39, 0.29) is 0 Å². The smallest absolute Gasteiger partial charge is 0.324 e. The summed E-state index contributed by atoms with van der Waals surface area (Å²) in [7, 11) is 0. The second kappa shape index (κ2) is 10.6. The van der Waals surface area contributed by atoms with Gasteiger partial charge in [0.25, 0.3) is 5.91 Å². The molecule has 2 aliphatic rings. The molecule has 0 unspecified atom stereocenters. The Morgan fingerprint density at radius 2 is 1.80 bits per heavy atom. The molecule has 4 N–H and O–H groups in total. The van der Waals surface area contributed by atoms with E-state index in [0.717, 1.165) is 85.5 Å². The normalized spacial score (nSPS) is 16.0. The fourth-order valence-electron chi connectivity index (χ4n) is 4.79. The Morgan fingerprint density at radius 1 is 1.03 bits per heavy atom. The topological polar surface area (TPSA) is 106 Å². The van der Waals surface area contributed by atoms with Crippen LogP contribution in [-0.2, 0) is 17.6 Å². The number of urea groups is 1. The number of rotatable bonds is 7.